The molecule has 13 aliphatic carbocycles. The van der Waals surface area contributed by atoms with E-state index in [0.29, 0.717) is 61.4 Å². The largest absolute Gasteiger partial charge is 0.481 e. The van der Waals surface area contributed by atoms with Crippen molar-refractivity contribution in [1.82, 2.24) is 5.06 Å². The number of hydrogen-bond donors (Lipinski definition) is 2. The Morgan fingerprint density at radius 1 is 0.626 bits per heavy atom. The van der Waals surface area contributed by atoms with E-state index >= 15 is 0 Å². The summed E-state index contributed by atoms with van der Waals surface area (Å²) in [6, 6.07) is 9.16. The number of carbonyl (C=O) groups excluding carboxylic acids is 4. The summed E-state index contributed by atoms with van der Waals surface area (Å²) in [5.41, 5.74) is 7.68. The molecule has 13 saturated carbocycles. The zero-order valence-corrected chi connectivity index (χ0v) is 58.4. The van der Waals surface area contributed by atoms with E-state index in [2.05, 4.69) is 56.1 Å². The molecule has 5 spiro atoms. The van der Waals surface area contributed by atoms with Crippen molar-refractivity contribution in [1.29, 1.82) is 5.26 Å². The number of amides is 1. The topological polar surface area (TPSA) is 207 Å². The van der Waals surface area contributed by atoms with Gasteiger partial charge < -0.3 is 28.9 Å². The summed E-state index contributed by atoms with van der Waals surface area (Å²) in [6.45, 7) is 17.9. The highest BCUT2D eigenvalue weighted by Gasteiger charge is 2.58. The number of hydrogen-bond acceptors (Lipinski definition) is 11. The molecule has 0 radical (unpaired) electrons. The number of benzene rings is 1. The highest BCUT2D eigenvalue weighted by Crippen LogP contribution is 2.66. The standard InChI is InChI=1S/C22H33Cl3OSi.C9H15NO2.C8H12O2.2C7H10O2.C7H10O.C6H7N.C6H8O2.CH4/c1-4-27(5-2,6-3)26-20(21-18(24)12-17(23)13-19(21)25)9-7-8-16-14-22(15-16)10-11-22;1-10(12-2)8(11)7-5-9(6-7)3-4-9;1-10-7(9)6-4-8(5-6)2-3-8;8-6(9)5-3-7(4-5)1-2-7;1-5-3-6(4-5)7(8)9-2;8-5-6-3-7(4-6)1-2-7;1-5-2-6(3-5)4-7;1-4-2-5(3-4)6(7)8;/h12-13,16,20H,4-11,14-15H2,1-3H3;7H,3-6H2,1-2H3;6H,2-5H2,1H3;5H,1-4H2,(H,8,9);6H,1,3-4H2,2H3;5-6H,1-4H2;6H,1-3H2;5H,1-3H2,(H,7,8);1H4. The van der Waals surface area contributed by atoms with Gasteiger partial charge in [-0.1, -0.05) is 112 Å². The Balaban J connectivity index is 0.000000175. The number of carbonyl (C=O) groups is 6. The number of esters is 2. The molecule has 18 heteroatoms. The normalized spacial score (nSPS) is 25.7. The summed E-state index contributed by atoms with van der Waals surface area (Å²) in [5, 5.41) is 28.2. The zero-order chi connectivity index (χ0) is 66.0. The first-order valence-corrected chi connectivity index (χ1v) is 37.4. The number of carboxylic acids is 2. The van der Waals surface area contributed by atoms with Crippen molar-refractivity contribution in [3.63, 3.8) is 0 Å². The van der Waals surface area contributed by atoms with E-state index < -0.39 is 20.3 Å². The first-order valence-electron chi connectivity index (χ1n) is 33.7. The molecule has 14 rings (SSSR count). The minimum absolute atomic E-state index is 0. The van der Waals surface area contributed by atoms with Gasteiger partial charge in [0, 0.05) is 39.5 Å². The molecule has 1 amide bonds. The Hall–Kier alpha value is -4.04. The number of aliphatic carboxylic acids is 2. The molecule has 91 heavy (non-hydrogen) atoms. The fraction of sp³-hybridized carbons (Fsp3) is 0.740. The Morgan fingerprint density at radius 2 is 1.01 bits per heavy atom. The second kappa shape index (κ2) is 32.6. The van der Waals surface area contributed by atoms with Gasteiger partial charge in [0.05, 0.1) is 63.1 Å². The molecule has 0 aromatic heterocycles. The number of carboxylic acid groups (broad SMARTS) is 2. The minimum Gasteiger partial charge on any atom is -0.481 e. The van der Waals surface area contributed by atoms with Crippen LogP contribution in [0.25, 0.3) is 0 Å². The van der Waals surface area contributed by atoms with Crippen LogP contribution in [-0.4, -0.2) is 88.0 Å². The van der Waals surface area contributed by atoms with E-state index in [0.717, 1.165) is 123 Å². The number of nitrogens with zero attached hydrogens (tertiary/aromatic N) is 2. The van der Waals surface area contributed by atoms with Crippen LogP contribution in [0.4, 0.5) is 0 Å². The average Bonchev–Trinajstić information content (AvgIpc) is 1.62. The monoisotopic (exact) mass is 1340 g/mol. The van der Waals surface area contributed by atoms with Gasteiger partial charge in [-0.3, -0.25) is 28.8 Å². The number of nitriles is 1. The molecule has 0 saturated heterocycles. The molecule has 13 fully saturated rings. The van der Waals surface area contributed by atoms with Crippen molar-refractivity contribution in [2.24, 2.45) is 74.4 Å². The third-order valence-corrected chi connectivity index (χ3v) is 28.2. The summed E-state index contributed by atoms with van der Waals surface area (Å²) in [4.78, 5) is 68.4. The SMILES string of the molecule is C.C=C1CC(C#N)C1.C=C1CC(C(=O)O)C1.C=C1CC(C(=O)OC)C1.CC[Si](CC)(CC)OC(CCCC1CC2(CC2)C1)c1c(Cl)cc(Cl)cc1Cl.COC(=O)C1CC2(CC2)C1.CON(C)C(=O)C1CC2(CC2)C1.O=C(O)C1CC2(CC2)C1.O=CC1CC2(CC2)C1. The average molecular weight is 1340 g/mol. The van der Waals surface area contributed by atoms with E-state index in [4.69, 9.17) is 59.5 Å². The molecule has 14 nitrogen and oxygen atoms in total. The molecule has 1 aromatic carbocycles. The Labute approximate surface area is 560 Å². The summed E-state index contributed by atoms with van der Waals surface area (Å²) in [7, 11) is 4.35. The first kappa shape index (κ1) is 76.0. The van der Waals surface area contributed by atoms with Crippen molar-refractivity contribution in [3.8, 4) is 6.07 Å². The lowest BCUT2D eigenvalue weighted by Crippen LogP contribution is -2.40. The highest BCUT2D eigenvalue weighted by atomic mass is 35.5. The second-order valence-corrected chi connectivity index (χ2v) is 35.9. The van der Waals surface area contributed by atoms with Crippen molar-refractivity contribution in [2.45, 2.75) is 239 Å². The fourth-order valence-corrected chi connectivity index (χ4v) is 18.9. The van der Waals surface area contributed by atoms with Crippen molar-refractivity contribution in [3.05, 3.63) is 69.2 Å². The number of aldehydes is 1. The van der Waals surface area contributed by atoms with Gasteiger partial charge in [-0.25, -0.2) is 5.06 Å². The van der Waals surface area contributed by atoms with Crippen molar-refractivity contribution >= 4 is 79.2 Å². The Morgan fingerprint density at radius 3 is 1.35 bits per heavy atom. The second-order valence-electron chi connectivity index (χ2n) is 29.9. The summed E-state index contributed by atoms with van der Waals surface area (Å²) >= 11 is 19.3. The number of ether oxygens (including phenoxy) is 2. The quantitative estimate of drug-likeness (QED) is 0.0490. The molecule has 0 heterocycles. The summed E-state index contributed by atoms with van der Waals surface area (Å²) < 4.78 is 16.0. The molecule has 0 aliphatic heterocycles. The number of halogens is 3. The molecule has 1 unspecified atom stereocenters. The maximum Gasteiger partial charge on any atom is 0.309 e. The van der Waals surface area contributed by atoms with Crippen molar-refractivity contribution in [2.75, 3.05) is 28.4 Å². The molecule has 13 aliphatic rings. The van der Waals surface area contributed by atoms with Crippen LogP contribution >= 0.6 is 34.8 Å². The summed E-state index contributed by atoms with van der Waals surface area (Å²) in [5.74, 6) is 0.933. The fourth-order valence-electron chi connectivity index (χ4n) is 15.0. The van der Waals surface area contributed by atoms with Crippen LogP contribution in [0.15, 0.2) is 48.6 Å². The van der Waals surface area contributed by atoms with Gasteiger partial charge in [0.1, 0.15) is 6.29 Å². The third-order valence-electron chi connectivity index (χ3n) is 22.8. The third kappa shape index (κ3) is 21.2. The lowest BCUT2D eigenvalue weighted by atomic mass is 9.70. The van der Waals surface area contributed by atoms with Gasteiger partial charge >= 0.3 is 23.9 Å². The van der Waals surface area contributed by atoms with Gasteiger partial charge in [-0.2, -0.15) is 5.26 Å². The van der Waals surface area contributed by atoms with Crippen LogP contribution in [0.3, 0.4) is 0 Å². The Kier molecular flexibility index (Phi) is 27.2. The zero-order valence-electron chi connectivity index (χ0n) is 55.2. The van der Waals surface area contributed by atoms with Gasteiger partial charge in [0.2, 0.25) is 5.91 Å². The van der Waals surface area contributed by atoms with Gasteiger partial charge in [0.25, 0.3) is 0 Å². The van der Waals surface area contributed by atoms with Crippen LogP contribution in [0.1, 0.15) is 226 Å². The van der Waals surface area contributed by atoms with Crippen LogP contribution < -0.4 is 0 Å². The predicted molar refractivity (Wildman–Crippen MR) is 361 cm³/mol. The van der Waals surface area contributed by atoms with Crippen molar-refractivity contribution < 1.29 is 57.7 Å². The lowest BCUT2D eigenvalue weighted by Gasteiger charge is -2.37. The van der Waals surface area contributed by atoms with E-state index in [9.17, 15) is 28.8 Å². The van der Waals surface area contributed by atoms with Gasteiger partial charge in [-0.15, -0.1) is 0 Å². The number of allylic oxidation sites excluding steroid dienone is 3. The molecule has 1 atom stereocenters. The van der Waals surface area contributed by atoms with Crippen LogP contribution in [-0.2, 0) is 47.5 Å². The van der Waals surface area contributed by atoms with E-state index in [1.807, 2.05) is 0 Å². The van der Waals surface area contributed by atoms with Crippen LogP contribution in [0.2, 0.25) is 33.2 Å². The molecule has 1 aromatic rings. The van der Waals surface area contributed by atoms with Gasteiger partial charge in [-0.05, 0) is 237 Å². The van der Waals surface area contributed by atoms with Gasteiger partial charge in [0.15, 0.2) is 8.32 Å². The van der Waals surface area contributed by atoms with E-state index in [-0.39, 0.29) is 61.0 Å². The smallest absolute Gasteiger partial charge is 0.309 e. The number of methoxy groups -OCH3 is 2. The molecular formula is C73H109Cl3N2O12Si. The summed E-state index contributed by atoms with van der Waals surface area (Å²) in [6.07, 6.45) is 34.8. The maximum absolute atomic E-state index is 11.5. The number of rotatable bonds is 17. The predicted octanol–water partition coefficient (Wildman–Crippen LogP) is 18.5. The lowest BCUT2D eigenvalue weighted by molar-refractivity contribution is -0.178. The van der Waals surface area contributed by atoms with E-state index in [1.54, 1.807) is 19.2 Å². The maximum atomic E-state index is 11.5. The molecule has 0 bridgehead atoms. The number of hydroxylamine groups is 2. The minimum atomic E-state index is -1.76. The van der Waals surface area contributed by atoms with Crippen LogP contribution in [0.5, 0.6) is 0 Å². The Bertz CT molecular complexity index is 2710. The highest BCUT2D eigenvalue weighted by molar-refractivity contribution is 6.73. The molecular weight excluding hydrogens is 1230 g/mol. The molecule has 508 valence electrons. The van der Waals surface area contributed by atoms with E-state index in [1.165, 1.54) is 135 Å². The van der Waals surface area contributed by atoms with Crippen LogP contribution in [0, 0.1) is 85.7 Å². The molecule has 2 N–H and O–H groups in total. The first-order chi connectivity index (χ1) is 42.6.